The maximum absolute atomic E-state index is 12.6. The average molecular weight is 313 g/mol. The zero-order chi connectivity index (χ0) is 15.6. The topological polar surface area (TPSA) is 121 Å². The van der Waals surface area contributed by atoms with Crippen molar-refractivity contribution in [2.75, 3.05) is 6.54 Å². The highest BCUT2D eigenvalue weighted by atomic mass is 32.2. The number of hydrogen-bond acceptors (Lipinski definition) is 6. The fourth-order valence-electron chi connectivity index (χ4n) is 2.38. The molecule has 21 heavy (non-hydrogen) atoms. The van der Waals surface area contributed by atoms with Crippen LogP contribution in [0.2, 0.25) is 0 Å². The second kappa shape index (κ2) is 5.78. The fourth-order valence-corrected chi connectivity index (χ4v) is 4.19. The molecule has 0 aliphatic carbocycles. The summed E-state index contributed by atoms with van der Waals surface area (Å²) in [4.78, 5) is 20.8. The zero-order valence-corrected chi connectivity index (χ0v) is 11.8. The first-order valence-electron chi connectivity index (χ1n) is 6.32. The molecule has 0 N–H and O–H groups in total. The van der Waals surface area contributed by atoms with E-state index in [0.717, 1.165) is 16.4 Å². The quantitative estimate of drug-likeness (QED) is 0.564. The first-order chi connectivity index (χ1) is 9.85. The molecule has 0 bridgehead atoms. The molecule has 1 atom stereocenters. The fraction of sp³-hybridized carbons (Fsp3) is 0.417. The molecule has 1 aliphatic rings. The van der Waals surface area contributed by atoms with Crippen LogP contribution in [0.1, 0.15) is 19.3 Å². The smallest absolute Gasteiger partial charge is 0.289 e. The van der Waals surface area contributed by atoms with E-state index in [1.165, 1.54) is 12.1 Å². The van der Waals surface area contributed by atoms with Crippen LogP contribution in [0.25, 0.3) is 0 Å². The molecule has 1 fully saturated rings. The minimum atomic E-state index is -4.26. The van der Waals surface area contributed by atoms with Crippen molar-refractivity contribution in [1.82, 2.24) is 4.31 Å². The molecule has 1 aromatic carbocycles. The summed E-state index contributed by atoms with van der Waals surface area (Å²) in [5.74, 6) is -1.49. The van der Waals surface area contributed by atoms with Crippen molar-refractivity contribution in [1.29, 1.82) is 0 Å². The van der Waals surface area contributed by atoms with Gasteiger partial charge in [-0.2, -0.15) is 4.31 Å². The molecule has 8 nitrogen and oxygen atoms in total. The third-order valence-corrected chi connectivity index (χ3v) is 5.33. The van der Waals surface area contributed by atoms with E-state index in [9.17, 15) is 28.4 Å². The second-order valence-electron chi connectivity index (χ2n) is 4.67. The third kappa shape index (κ3) is 2.88. The van der Waals surface area contributed by atoms with E-state index < -0.39 is 37.5 Å². The lowest BCUT2D eigenvalue weighted by Crippen LogP contribution is -2.52. The Morgan fingerprint density at radius 1 is 1.29 bits per heavy atom. The number of sulfonamides is 1. The summed E-state index contributed by atoms with van der Waals surface area (Å²) in [7, 11) is -4.26. The van der Waals surface area contributed by atoms with Gasteiger partial charge < -0.3 is 9.90 Å². The van der Waals surface area contributed by atoms with Gasteiger partial charge in [0.1, 0.15) is 0 Å². The number of nitro groups is 1. The van der Waals surface area contributed by atoms with Gasteiger partial charge in [0.15, 0.2) is 4.90 Å². The number of aliphatic carboxylic acids is 1. The zero-order valence-electron chi connectivity index (χ0n) is 11.0. The van der Waals surface area contributed by atoms with E-state index in [1.807, 2.05) is 0 Å². The number of para-hydroxylation sites is 1. The van der Waals surface area contributed by atoms with E-state index in [2.05, 4.69) is 0 Å². The normalized spacial score (nSPS) is 20.1. The minimum absolute atomic E-state index is 0.00697. The van der Waals surface area contributed by atoms with E-state index in [0.29, 0.717) is 12.8 Å². The highest BCUT2D eigenvalue weighted by Crippen LogP contribution is 2.30. The SMILES string of the molecule is O=C([O-])[C@H]1CCCCN1S(=O)(=O)c1ccccc1[N+](=O)[O-]. The van der Waals surface area contributed by atoms with Crippen molar-refractivity contribution in [3.8, 4) is 0 Å². The molecule has 1 aromatic rings. The second-order valence-corrected chi connectivity index (χ2v) is 6.53. The largest absolute Gasteiger partial charge is 0.548 e. The van der Waals surface area contributed by atoms with Gasteiger partial charge in [-0.05, 0) is 18.9 Å². The molecule has 0 saturated carbocycles. The van der Waals surface area contributed by atoms with Gasteiger partial charge in [-0.25, -0.2) is 8.42 Å². The number of carbonyl (C=O) groups is 1. The lowest BCUT2D eigenvalue weighted by Gasteiger charge is -2.34. The van der Waals surface area contributed by atoms with Crippen molar-refractivity contribution in [2.45, 2.75) is 30.2 Å². The van der Waals surface area contributed by atoms with Crippen LogP contribution < -0.4 is 5.11 Å². The Labute approximate surface area is 121 Å². The molecule has 2 rings (SSSR count). The lowest BCUT2D eigenvalue weighted by molar-refractivity contribution is -0.387. The number of rotatable bonds is 4. The Kier molecular flexibility index (Phi) is 4.24. The number of carboxylic acid groups (broad SMARTS) is 1. The predicted molar refractivity (Wildman–Crippen MR) is 69.6 cm³/mol. The van der Waals surface area contributed by atoms with Crippen LogP contribution in [-0.4, -0.2) is 36.2 Å². The highest BCUT2D eigenvalue weighted by Gasteiger charge is 2.37. The first-order valence-corrected chi connectivity index (χ1v) is 7.76. The van der Waals surface area contributed by atoms with Crippen LogP contribution in [0, 0.1) is 10.1 Å². The van der Waals surface area contributed by atoms with Gasteiger partial charge in [-0.1, -0.05) is 18.6 Å². The molecule has 0 amide bonds. The number of nitro benzene ring substituents is 1. The van der Waals surface area contributed by atoms with Crippen LogP contribution in [0.4, 0.5) is 5.69 Å². The molecule has 114 valence electrons. The van der Waals surface area contributed by atoms with Crippen LogP contribution in [-0.2, 0) is 14.8 Å². The molecule has 0 radical (unpaired) electrons. The van der Waals surface area contributed by atoms with Crippen LogP contribution in [0.5, 0.6) is 0 Å². The summed E-state index contributed by atoms with van der Waals surface area (Å²) < 4.78 is 25.9. The van der Waals surface area contributed by atoms with E-state index >= 15 is 0 Å². The van der Waals surface area contributed by atoms with Crippen LogP contribution in [0.15, 0.2) is 29.2 Å². The Morgan fingerprint density at radius 2 is 1.95 bits per heavy atom. The summed E-state index contributed by atoms with van der Waals surface area (Å²) in [6.45, 7) is 0.00697. The molecular formula is C12H13N2O6S-. The van der Waals surface area contributed by atoms with Gasteiger partial charge in [-0.15, -0.1) is 0 Å². The van der Waals surface area contributed by atoms with Crippen LogP contribution >= 0.6 is 0 Å². The maximum atomic E-state index is 12.6. The van der Waals surface area contributed by atoms with Crippen molar-refractivity contribution in [2.24, 2.45) is 0 Å². The molecule has 1 aliphatic heterocycles. The number of benzene rings is 1. The first kappa shape index (κ1) is 15.4. The van der Waals surface area contributed by atoms with Crippen molar-refractivity contribution in [3.05, 3.63) is 34.4 Å². The predicted octanol–water partition coefficient (Wildman–Crippen LogP) is -0.112. The number of piperidine rings is 1. The molecule has 0 unspecified atom stereocenters. The maximum Gasteiger partial charge on any atom is 0.289 e. The molecule has 9 heteroatoms. The number of carbonyl (C=O) groups excluding carboxylic acids is 1. The summed E-state index contributed by atoms with van der Waals surface area (Å²) >= 11 is 0. The van der Waals surface area contributed by atoms with Crippen LogP contribution in [0.3, 0.4) is 0 Å². The lowest BCUT2D eigenvalue weighted by atomic mass is 10.1. The van der Waals surface area contributed by atoms with Crippen molar-refractivity contribution in [3.63, 3.8) is 0 Å². The number of hydrogen-bond donors (Lipinski definition) is 0. The van der Waals surface area contributed by atoms with E-state index in [1.54, 1.807) is 0 Å². The standard InChI is InChI=1S/C12H14N2O6S/c15-12(16)10-6-3-4-8-13(10)21(19,20)11-7-2-1-5-9(11)14(17)18/h1-2,5,7,10H,3-4,6,8H2,(H,15,16)/p-1/t10-/m1/s1. The summed E-state index contributed by atoms with van der Waals surface area (Å²) in [5.41, 5.74) is -0.569. The molecule has 1 heterocycles. The van der Waals surface area contributed by atoms with Gasteiger partial charge in [0.25, 0.3) is 15.7 Å². The Morgan fingerprint density at radius 3 is 2.57 bits per heavy atom. The minimum Gasteiger partial charge on any atom is -0.548 e. The monoisotopic (exact) mass is 313 g/mol. The Balaban J connectivity index is 2.51. The summed E-state index contributed by atoms with van der Waals surface area (Å²) in [6, 6.07) is 3.60. The third-order valence-electron chi connectivity index (χ3n) is 3.37. The van der Waals surface area contributed by atoms with Crippen molar-refractivity contribution >= 4 is 21.7 Å². The Hall–Kier alpha value is -2.00. The van der Waals surface area contributed by atoms with Gasteiger partial charge in [0, 0.05) is 12.6 Å². The number of carboxylic acids is 1. The molecule has 0 spiro atoms. The van der Waals surface area contributed by atoms with Gasteiger partial charge in [0.2, 0.25) is 0 Å². The van der Waals surface area contributed by atoms with Crippen molar-refractivity contribution < 1.29 is 23.2 Å². The summed E-state index contributed by atoms with van der Waals surface area (Å²) in [6.07, 6.45) is 1.22. The molecule has 0 aromatic heterocycles. The summed E-state index contributed by atoms with van der Waals surface area (Å²) in [5, 5.41) is 22.1. The Bertz CT molecular complexity index is 672. The highest BCUT2D eigenvalue weighted by molar-refractivity contribution is 7.89. The van der Waals surface area contributed by atoms with Gasteiger partial charge in [-0.3, -0.25) is 10.1 Å². The van der Waals surface area contributed by atoms with Gasteiger partial charge >= 0.3 is 0 Å². The molecule has 1 saturated heterocycles. The van der Waals surface area contributed by atoms with E-state index in [4.69, 9.17) is 0 Å². The van der Waals surface area contributed by atoms with Gasteiger partial charge in [0.05, 0.1) is 16.9 Å². The average Bonchev–Trinajstić information content (AvgIpc) is 2.47. The number of nitrogens with zero attached hydrogens (tertiary/aromatic N) is 2. The van der Waals surface area contributed by atoms with E-state index in [-0.39, 0.29) is 13.0 Å². The molecular weight excluding hydrogens is 300 g/mol.